The number of nitrogens with one attached hydrogen (secondary N) is 1. The Kier molecular flexibility index (Phi) is 9.22. The number of nitrogens with zero attached hydrogens (tertiary/aromatic N) is 1. The quantitative estimate of drug-likeness (QED) is 0.143. The molecular formula is C33H38N2O5S. The van der Waals surface area contributed by atoms with Crippen molar-refractivity contribution in [2.75, 3.05) is 26.8 Å². The van der Waals surface area contributed by atoms with Gasteiger partial charge in [0.05, 0.1) is 24.5 Å². The standard InChI is InChI=1S/C33H38N2O5S/c1-24-16-18-26(19-17-24)41(37,38)40-23-9-15-31(25-10-4-3-5-11-25)35-21-8-13-29(33(36)39-2)32-28(20-22-35)27-12-6-7-14-30(27)34-32/h3-7,10-12,14,16-19,29,31,34H,8-9,13,15,20-23H2,1-2H3. The van der Waals surface area contributed by atoms with Crippen LogP contribution in [-0.2, 0) is 30.3 Å². The van der Waals surface area contributed by atoms with Crippen LogP contribution in [0.15, 0.2) is 83.8 Å². The number of hydrogen-bond acceptors (Lipinski definition) is 6. The molecule has 0 spiro atoms. The fourth-order valence-corrected chi connectivity index (χ4v) is 6.88. The van der Waals surface area contributed by atoms with Gasteiger partial charge >= 0.3 is 5.97 Å². The summed E-state index contributed by atoms with van der Waals surface area (Å²) < 4.78 is 36.1. The molecule has 0 radical (unpaired) electrons. The Labute approximate surface area is 242 Å². The molecule has 1 aliphatic rings. The molecule has 2 unspecified atom stereocenters. The van der Waals surface area contributed by atoms with Gasteiger partial charge in [-0.1, -0.05) is 66.2 Å². The van der Waals surface area contributed by atoms with Crippen molar-refractivity contribution in [2.24, 2.45) is 0 Å². The number of aromatic nitrogens is 1. The molecule has 0 fully saturated rings. The van der Waals surface area contributed by atoms with E-state index in [1.165, 1.54) is 18.2 Å². The van der Waals surface area contributed by atoms with Crippen LogP contribution in [0.1, 0.15) is 60.0 Å². The van der Waals surface area contributed by atoms with Crippen molar-refractivity contribution in [3.63, 3.8) is 0 Å². The van der Waals surface area contributed by atoms with E-state index >= 15 is 0 Å². The van der Waals surface area contributed by atoms with Gasteiger partial charge < -0.3 is 9.72 Å². The van der Waals surface area contributed by atoms with Gasteiger partial charge in [0.1, 0.15) is 0 Å². The molecule has 1 aromatic heterocycles. The van der Waals surface area contributed by atoms with Crippen LogP contribution in [0.4, 0.5) is 0 Å². The largest absolute Gasteiger partial charge is 0.469 e. The number of carbonyl (C=O) groups is 1. The SMILES string of the molecule is COC(=O)C1CCCN(C(CCCOS(=O)(=O)c2ccc(C)cc2)c2ccccc2)CCc2c1[nH]c1ccccc21. The minimum absolute atomic E-state index is 0.0882. The molecule has 7 nitrogen and oxygen atoms in total. The third-order valence-corrected chi connectivity index (χ3v) is 9.39. The first-order valence-electron chi connectivity index (χ1n) is 14.3. The molecule has 2 heterocycles. The first-order valence-corrected chi connectivity index (χ1v) is 15.7. The van der Waals surface area contributed by atoms with Crippen molar-refractivity contribution in [3.8, 4) is 0 Å². The lowest BCUT2D eigenvalue weighted by molar-refractivity contribution is -0.142. The van der Waals surface area contributed by atoms with Crippen LogP contribution < -0.4 is 0 Å². The monoisotopic (exact) mass is 574 g/mol. The predicted molar refractivity (Wildman–Crippen MR) is 160 cm³/mol. The molecule has 0 bridgehead atoms. The van der Waals surface area contributed by atoms with Gasteiger partial charge in [-0.05, 0) is 74.9 Å². The zero-order chi connectivity index (χ0) is 28.8. The Hall–Kier alpha value is -3.46. The van der Waals surface area contributed by atoms with Crippen LogP contribution in [-0.4, -0.2) is 51.1 Å². The number of benzene rings is 3. The molecule has 41 heavy (non-hydrogen) atoms. The molecule has 1 N–H and O–H groups in total. The lowest BCUT2D eigenvalue weighted by Crippen LogP contribution is -2.32. The Morgan fingerprint density at radius 3 is 2.49 bits per heavy atom. The Morgan fingerprint density at radius 1 is 1.00 bits per heavy atom. The van der Waals surface area contributed by atoms with E-state index in [1.807, 2.05) is 37.3 Å². The lowest BCUT2D eigenvalue weighted by atomic mass is 9.95. The lowest BCUT2D eigenvalue weighted by Gasteiger charge is -2.32. The Morgan fingerprint density at radius 2 is 1.73 bits per heavy atom. The molecule has 0 saturated carbocycles. The van der Waals surface area contributed by atoms with E-state index in [2.05, 4.69) is 34.1 Å². The summed E-state index contributed by atoms with van der Waals surface area (Å²) in [5.41, 5.74) is 5.35. The molecule has 216 valence electrons. The second-order valence-electron chi connectivity index (χ2n) is 10.7. The van der Waals surface area contributed by atoms with Gasteiger partial charge in [0, 0.05) is 29.2 Å². The van der Waals surface area contributed by atoms with Gasteiger partial charge in [-0.2, -0.15) is 8.42 Å². The van der Waals surface area contributed by atoms with Crippen LogP contribution in [0.3, 0.4) is 0 Å². The summed E-state index contributed by atoms with van der Waals surface area (Å²) in [4.78, 5) is 19.1. The highest BCUT2D eigenvalue weighted by molar-refractivity contribution is 7.86. The number of H-pyrrole nitrogens is 1. The second-order valence-corrected chi connectivity index (χ2v) is 12.3. The fraction of sp³-hybridized carbons (Fsp3) is 0.364. The van der Waals surface area contributed by atoms with Crippen LogP contribution in [0.2, 0.25) is 0 Å². The van der Waals surface area contributed by atoms with Crippen molar-refractivity contribution in [2.45, 2.75) is 55.9 Å². The normalized spacial score (nSPS) is 17.3. The van der Waals surface area contributed by atoms with E-state index in [0.29, 0.717) is 12.8 Å². The maximum Gasteiger partial charge on any atom is 0.314 e. The van der Waals surface area contributed by atoms with Gasteiger partial charge in [0.2, 0.25) is 0 Å². The maximum atomic E-state index is 12.9. The van der Waals surface area contributed by atoms with E-state index in [4.69, 9.17) is 8.92 Å². The number of ether oxygens (including phenoxy) is 1. The highest BCUT2D eigenvalue weighted by Crippen LogP contribution is 2.35. The number of hydrogen-bond donors (Lipinski definition) is 1. The fourth-order valence-electron chi connectivity index (χ4n) is 5.94. The molecule has 1 aliphatic heterocycles. The van der Waals surface area contributed by atoms with E-state index in [9.17, 15) is 13.2 Å². The topological polar surface area (TPSA) is 88.7 Å². The van der Waals surface area contributed by atoms with Gasteiger partial charge in [-0.25, -0.2) is 0 Å². The van der Waals surface area contributed by atoms with Crippen LogP contribution in [0.5, 0.6) is 0 Å². The van der Waals surface area contributed by atoms with E-state index in [-0.39, 0.29) is 29.4 Å². The molecule has 0 saturated heterocycles. The summed E-state index contributed by atoms with van der Waals surface area (Å²) >= 11 is 0. The molecule has 8 heteroatoms. The van der Waals surface area contributed by atoms with E-state index in [0.717, 1.165) is 54.5 Å². The summed E-state index contributed by atoms with van der Waals surface area (Å²) in [5.74, 6) is -0.546. The van der Waals surface area contributed by atoms with Gasteiger partial charge in [-0.15, -0.1) is 0 Å². The molecule has 0 amide bonds. The molecule has 5 rings (SSSR count). The second kappa shape index (κ2) is 13.0. The number of para-hydroxylation sites is 1. The van der Waals surface area contributed by atoms with Crippen LogP contribution in [0.25, 0.3) is 10.9 Å². The number of esters is 1. The summed E-state index contributed by atoms with van der Waals surface area (Å²) in [6.45, 7) is 3.66. The first-order chi connectivity index (χ1) is 19.9. The minimum Gasteiger partial charge on any atom is -0.469 e. The Bertz CT molecular complexity index is 1560. The molecule has 2 atom stereocenters. The number of aromatic amines is 1. The Balaban J connectivity index is 1.35. The van der Waals surface area contributed by atoms with Crippen molar-refractivity contribution in [1.82, 2.24) is 9.88 Å². The highest BCUT2D eigenvalue weighted by Gasteiger charge is 2.30. The number of carbonyl (C=O) groups excluding carboxylic acids is 1. The summed E-state index contributed by atoms with van der Waals surface area (Å²) in [6, 6.07) is 25.4. The molecule has 0 aliphatic carbocycles. The zero-order valence-electron chi connectivity index (χ0n) is 23.7. The average molecular weight is 575 g/mol. The number of aryl methyl sites for hydroxylation is 1. The summed E-state index contributed by atoms with van der Waals surface area (Å²) in [7, 11) is -2.35. The van der Waals surface area contributed by atoms with Gasteiger partial charge in [0.25, 0.3) is 10.1 Å². The third-order valence-electron chi connectivity index (χ3n) is 8.06. The van der Waals surface area contributed by atoms with Crippen molar-refractivity contribution in [1.29, 1.82) is 0 Å². The van der Waals surface area contributed by atoms with Gasteiger partial charge in [-0.3, -0.25) is 13.9 Å². The van der Waals surface area contributed by atoms with Crippen LogP contribution in [0, 0.1) is 6.92 Å². The number of fused-ring (bicyclic) bond motifs is 3. The number of rotatable bonds is 9. The third kappa shape index (κ3) is 6.72. The van der Waals surface area contributed by atoms with Crippen LogP contribution >= 0.6 is 0 Å². The summed E-state index contributed by atoms with van der Waals surface area (Å²) in [5, 5.41) is 1.14. The molecule has 4 aromatic rings. The highest BCUT2D eigenvalue weighted by atomic mass is 32.2. The molecular weight excluding hydrogens is 536 g/mol. The first kappa shape index (κ1) is 29.0. The van der Waals surface area contributed by atoms with E-state index in [1.54, 1.807) is 24.3 Å². The average Bonchev–Trinajstić information content (AvgIpc) is 3.38. The summed E-state index contributed by atoms with van der Waals surface area (Å²) in [6.07, 6.45) is 3.63. The minimum atomic E-state index is -3.81. The predicted octanol–water partition coefficient (Wildman–Crippen LogP) is 6.30. The number of methoxy groups -OCH3 is 1. The van der Waals surface area contributed by atoms with Gasteiger partial charge in [0.15, 0.2) is 0 Å². The van der Waals surface area contributed by atoms with Crippen molar-refractivity contribution < 1.29 is 22.1 Å². The molecule has 3 aromatic carbocycles. The zero-order valence-corrected chi connectivity index (χ0v) is 24.5. The van der Waals surface area contributed by atoms with Crippen molar-refractivity contribution >= 4 is 27.0 Å². The smallest absolute Gasteiger partial charge is 0.314 e. The maximum absolute atomic E-state index is 12.9. The van der Waals surface area contributed by atoms with Crippen molar-refractivity contribution in [3.05, 3.63) is 101 Å². The van der Waals surface area contributed by atoms with E-state index < -0.39 is 10.1 Å².